The Kier molecular flexibility index (Phi) is 5.35. The molecule has 1 fully saturated rings. The summed E-state index contributed by atoms with van der Waals surface area (Å²) in [4.78, 5) is 24.6. The van der Waals surface area contributed by atoms with E-state index in [1.165, 1.54) is 29.6 Å². The molecule has 2 rings (SSSR count). The summed E-state index contributed by atoms with van der Waals surface area (Å²) in [6.45, 7) is 0. The fourth-order valence-corrected chi connectivity index (χ4v) is 4.55. The largest absolute Gasteiger partial charge is 0.479 e. The number of thioether (sulfide) groups is 2. The van der Waals surface area contributed by atoms with Crippen molar-refractivity contribution < 1.29 is 14.7 Å². The van der Waals surface area contributed by atoms with Crippen LogP contribution < -0.4 is 5.32 Å². The summed E-state index contributed by atoms with van der Waals surface area (Å²) >= 11 is 15.0. The number of rotatable bonds is 4. The summed E-state index contributed by atoms with van der Waals surface area (Å²) in [5, 5.41) is 12.7. The third kappa shape index (κ3) is 3.44. The zero-order chi connectivity index (χ0) is 15.6. The van der Waals surface area contributed by atoms with Gasteiger partial charge in [0.1, 0.15) is 5.54 Å². The number of aliphatic carboxylic acids is 1. The summed E-state index contributed by atoms with van der Waals surface area (Å²) in [6, 6.07) is 3.09. The average molecular weight is 366 g/mol. The molecule has 2 N–H and O–H groups in total. The molecule has 114 valence electrons. The van der Waals surface area contributed by atoms with Crippen LogP contribution in [0.15, 0.2) is 17.0 Å². The third-order valence-electron chi connectivity index (χ3n) is 3.27. The summed E-state index contributed by atoms with van der Waals surface area (Å²) in [5.74, 6) is -0.445. The van der Waals surface area contributed by atoms with Crippen LogP contribution in [0.3, 0.4) is 0 Å². The zero-order valence-electron chi connectivity index (χ0n) is 11.1. The number of carbonyl (C=O) groups is 2. The van der Waals surface area contributed by atoms with E-state index in [4.69, 9.17) is 23.2 Å². The van der Waals surface area contributed by atoms with Crippen LogP contribution in [0.25, 0.3) is 0 Å². The Hall–Kier alpha value is -0.560. The van der Waals surface area contributed by atoms with Gasteiger partial charge in [0.25, 0.3) is 5.91 Å². The Bertz CT molecular complexity index is 589. The van der Waals surface area contributed by atoms with E-state index in [1.54, 1.807) is 6.07 Å². The summed E-state index contributed by atoms with van der Waals surface area (Å²) in [6.07, 6.45) is 2.24. The number of carboxylic acids is 1. The molecule has 1 aromatic rings. The monoisotopic (exact) mass is 365 g/mol. The maximum absolute atomic E-state index is 12.4. The lowest BCUT2D eigenvalue weighted by Gasteiger charge is -2.25. The van der Waals surface area contributed by atoms with Crippen molar-refractivity contribution in [2.24, 2.45) is 0 Å². The number of nitrogens with one attached hydrogen (secondary N) is 1. The molecule has 1 aliphatic heterocycles. The Morgan fingerprint density at radius 1 is 1.38 bits per heavy atom. The van der Waals surface area contributed by atoms with Gasteiger partial charge in [-0.25, -0.2) is 4.79 Å². The van der Waals surface area contributed by atoms with Crippen LogP contribution in [0.1, 0.15) is 16.8 Å². The van der Waals surface area contributed by atoms with Gasteiger partial charge in [0.05, 0.1) is 15.6 Å². The fourth-order valence-electron chi connectivity index (χ4n) is 2.03. The van der Waals surface area contributed by atoms with Crippen LogP contribution in [-0.2, 0) is 4.79 Å². The fraction of sp³-hybridized carbons (Fsp3) is 0.385. The molecule has 0 radical (unpaired) electrons. The van der Waals surface area contributed by atoms with Gasteiger partial charge in [0, 0.05) is 10.6 Å². The SMILES string of the molecule is CSc1cc(C(=O)NC2(C(=O)O)CCSC2)c(Cl)cc1Cl. The van der Waals surface area contributed by atoms with Gasteiger partial charge in [-0.1, -0.05) is 23.2 Å². The average Bonchev–Trinajstić information content (AvgIpc) is 2.88. The molecule has 1 saturated heterocycles. The number of hydrogen-bond donors (Lipinski definition) is 2. The second-order valence-corrected chi connectivity index (χ2v) is 7.38. The van der Waals surface area contributed by atoms with Gasteiger partial charge in [-0.3, -0.25) is 4.79 Å². The van der Waals surface area contributed by atoms with Gasteiger partial charge in [0.2, 0.25) is 0 Å². The minimum absolute atomic E-state index is 0.210. The summed E-state index contributed by atoms with van der Waals surface area (Å²) in [5.41, 5.74) is -0.979. The standard InChI is InChI=1S/C13H13Cl2NO3S2/c1-20-10-4-7(8(14)5-9(10)15)11(17)16-13(12(18)19)2-3-21-6-13/h4-5H,2-3,6H2,1H3,(H,16,17)(H,18,19). The van der Waals surface area contributed by atoms with Crippen molar-refractivity contribution in [1.29, 1.82) is 0 Å². The zero-order valence-corrected chi connectivity index (χ0v) is 14.3. The van der Waals surface area contributed by atoms with Crippen molar-refractivity contribution >= 4 is 58.6 Å². The Labute approximate surface area is 141 Å². The maximum Gasteiger partial charge on any atom is 0.330 e. The van der Waals surface area contributed by atoms with Crippen molar-refractivity contribution in [2.45, 2.75) is 16.9 Å². The van der Waals surface area contributed by atoms with Crippen molar-refractivity contribution in [3.8, 4) is 0 Å². The predicted molar refractivity (Wildman–Crippen MR) is 88.0 cm³/mol. The van der Waals surface area contributed by atoms with Gasteiger partial charge < -0.3 is 10.4 Å². The highest BCUT2D eigenvalue weighted by Crippen LogP contribution is 2.33. The molecule has 1 amide bonds. The molecule has 0 aromatic heterocycles. The Balaban J connectivity index is 2.30. The quantitative estimate of drug-likeness (QED) is 0.800. The van der Waals surface area contributed by atoms with E-state index in [-0.39, 0.29) is 10.6 Å². The highest BCUT2D eigenvalue weighted by atomic mass is 35.5. The molecule has 21 heavy (non-hydrogen) atoms. The molecular weight excluding hydrogens is 353 g/mol. The highest BCUT2D eigenvalue weighted by molar-refractivity contribution is 7.99. The van der Waals surface area contributed by atoms with Gasteiger partial charge in [-0.15, -0.1) is 11.8 Å². The second kappa shape index (κ2) is 6.69. The molecule has 0 spiro atoms. The number of amides is 1. The molecule has 1 aliphatic rings. The van der Waals surface area contributed by atoms with Gasteiger partial charge in [-0.2, -0.15) is 11.8 Å². The normalized spacial score (nSPS) is 21.3. The summed E-state index contributed by atoms with van der Waals surface area (Å²) in [7, 11) is 0. The number of carbonyl (C=O) groups excluding carboxylic acids is 1. The summed E-state index contributed by atoms with van der Waals surface area (Å²) < 4.78 is 0. The van der Waals surface area contributed by atoms with Crippen molar-refractivity contribution in [1.82, 2.24) is 5.32 Å². The topological polar surface area (TPSA) is 66.4 Å². The van der Waals surface area contributed by atoms with Crippen LogP contribution in [0, 0.1) is 0 Å². The van der Waals surface area contributed by atoms with Crippen molar-refractivity contribution in [2.75, 3.05) is 17.8 Å². The Morgan fingerprint density at radius 2 is 2.10 bits per heavy atom. The molecule has 8 heteroatoms. The van der Waals surface area contributed by atoms with Gasteiger partial charge in [0.15, 0.2) is 0 Å². The minimum atomic E-state index is -1.22. The van der Waals surface area contributed by atoms with Crippen LogP contribution in [0.5, 0.6) is 0 Å². The number of hydrogen-bond acceptors (Lipinski definition) is 4. The Morgan fingerprint density at radius 3 is 2.62 bits per heavy atom. The van der Waals surface area contributed by atoms with Crippen LogP contribution in [0.4, 0.5) is 0 Å². The lowest BCUT2D eigenvalue weighted by atomic mass is 9.98. The van der Waals surface area contributed by atoms with E-state index in [1.807, 2.05) is 6.26 Å². The molecule has 4 nitrogen and oxygen atoms in total. The third-order valence-corrected chi connectivity index (χ3v) is 5.97. The first-order chi connectivity index (χ1) is 9.89. The van der Waals surface area contributed by atoms with E-state index in [0.717, 1.165) is 4.90 Å². The predicted octanol–water partition coefficient (Wildman–Crippen LogP) is 3.41. The van der Waals surface area contributed by atoms with Crippen LogP contribution >= 0.6 is 46.7 Å². The first-order valence-electron chi connectivity index (χ1n) is 6.06. The molecule has 0 bridgehead atoms. The second-order valence-electron chi connectivity index (χ2n) is 4.61. The lowest BCUT2D eigenvalue weighted by Crippen LogP contribution is -2.54. The molecule has 1 atom stereocenters. The smallest absolute Gasteiger partial charge is 0.330 e. The molecule has 1 unspecified atom stereocenters. The number of halogens is 2. The van der Waals surface area contributed by atoms with Gasteiger partial charge >= 0.3 is 5.97 Å². The molecule has 1 heterocycles. The van der Waals surface area contributed by atoms with E-state index in [2.05, 4.69) is 5.32 Å². The van der Waals surface area contributed by atoms with Crippen molar-refractivity contribution in [3.05, 3.63) is 27.7 Å². The van der Waals surface area contributed by atoms with Crippen LogP contribution in [0.2, 0.25) is 10.0 Å². The number of benzene rings is 1. The van der Waals surface area contributed by atoms with E-state index in [0.29, 0.717) is 22.9 Å². The lowest BCUT2D eigenvalue weighted by molar-refractivity contribution is -0.143. The van der Waals surface area contributed by atoms with Crippen molar-refractivity contribution in [3.63, 3.8) is 0 Å². The van der Waals surface area contributed by atoms with E-state index >= 15 is 0 Å². The maximum atomic E-state index is 12.4. The molecule has 1 aromatic carbocycles. The number of carboxylic acid groups (broad SMARTS) is 1. The van der Waals surface area contributed by atoms with E-state index in [9.17, 15) is 14.7 Å². The molecule has 0 aliphatic carbocycles. The first-order valence-corrected chi connectivity index (χ1v) is 9.20. The van der Waals surface area contributed by atoms with Gasteiger partial charge in [-0.05, 0) is 30.6 Å². The van der Waals surface area contributed by atoms with Crippen LogP contribution in [-0.4, -0.2) is 40.3 Å². The molecule has 0 saturated carbocycles. The highest BCUT2D eigenvalue weighted by Gasteiger charge is 2.43. The minimum Gasteiger partial charge on any atom is -0.479 e. The first kappa shape index (κ1) is 16.8. The van der Waals surface area contributed by atoms with E-state index < -0.39 is 17.4 Å². The molecular formula is C13H13Cl2NO3S2.